The molecule has 0 unspecified atom stereocenters. The van der Waals surface area contributed by atoms with Crippen molar-refractivity contribution >= 4 is 21.1 Å². The molecule has 29 heavy (non-hydrogen) atoms. The molecule has 0 aliphatic rings. The van der Waals surface area contributed by atoms with Crippen molar-refractivity contribution in [3.63, 3.8) is 0 Å². The Morgan fingerprint density at radius 3 is 2.45 bits per heavy atom. The van der Waals surface area contributed by atoms with Crippen molar-refractivity contribution in [1.82, 2.24) is 14.3 Å². The van der Waals surface area contributed by atoms with Crippen molar-refractivity contribution in [1.29, 1.82) is 0 Å². The van der Waals surface area contributed by atoms with E-state index in [4.69, 9.17) is 0 Å². The highest BCUT2D eigenvalue weighted by molar-refractivity contribution is 7.89. The number of fused-ring (bicyclic) bond motifs is 1. The molecule has 0 bridgehead atoms. The van der Waals surface area contributed by atoms with Gasteiger partial charge in [0.1, 0.15) is 22.4 Å². The smallest absolute Gasteiger partial charge is 0.243 e. The molecule has 0 atom stereocenters. The lowest BCUT2D eigenvalue weighted by Gasteiger charge is -2.11. The van der Waals surface area contributed by atoms with Crippen molar-refractivity contribution in [2.24, 2.45) is 0 Å². The molecule has 0 fully saturated rings. The zero-order chi connectivity index (χ0) is 20.4. The largest absolute Gasteiger partial charge is 0.323 e. The molecule has 0 saturated heterocycles. The molecule has 1 heterocycles. The lowest BCUT2D eigenvalue weighted by Crippen LogP contribution is -2.28. The molecule has 0 aliphatic carbocycles. The van der Waals surface area contributed by atoms with Gasteiger partial charge in [0.15, 0.2) is 0 Å². The summed E-state index contributed by atoms with van der Waals surface area (Å²) in [5.74, 6) is -1.13. The third-order valence-corrected chi connectivity index (χ3v) is 5.97. The van der Waals surface area contributed by atoms with Crippen molar-refractivity contribution < 1.29 is 17.2 Å². The van der Waals surface area contributed by atoms with Gasteiger partial charge in [-0.15, -0.1) is 0 Å². The molecular weight excluding hydrogens is 396 g/mol. The van der Waals surface area contributed by atoms with Crippen LogP contribution in [0, 0.1) is 11.6 Å². The fraction of sp³-hybridized carbons (Fsp3) is 0.0952. The molecule has 3 aromatic carbocycles. The van der Waals surface area contributed by atoms with E-state index in [0.717, 1.165) is 28.7 Å². The number of rotatable bonds is 6. The van der Waals surface area contributed by atoms with Crippen LogP contribution in [0.4, 0.5) is 8.78 Å². The number of imidazole rings is 1. The fourth-order valence-electron chi connectivity index (χ4n) is 3.16. The van der Waals surface area contributed by atoms with E-state index in [2.05, 4.69) is 9.71 Å². The minimum absolute atomic E-state index is 0.0154. The van der Waals surface area contributed by atoms with Crippen LogP contribution in [0.15, 0.2) is 77.7 Å². The Hall–Kier alpha value is -3.10. The molecule has 0 saturated carbocycles. The van der Waals surface area contributed by atoms with Gasteiger partial charge < -0.3 is 4.57 Å². The van der Waals surface area contributed by atoms with Crippen LogP contribution in [-0.4, -0.2) is 24.5 Å². The van der Waals surface area contributed by atoms with E-state index in [0.29, 0.717) is 11.9 Å². The quantitative estimate of drug-likeness (QED) is 0.520. The minimum Gasteiger partial charge on any atom is -0.323 e. The van der Waals surface area contributed by atoms with Crippen LogP contribution in [0.2, 0.25) is 0 Å². The Labute approximate surface area is 166 Å². The Morgan fingerprint density at radius 2 is 1.66 bits per heavy atom. The third kappa shape index (κ3) is 3.90. The highest BCUT2D eigenvalue weighted by Crippen LogP contribution is 2.24. The van der Waals surface area contributed by atoms with Gasteiger partial charge in [-0.25, -0.2) is 26.9 Å². The second-order valence-corrected chi connectivity index (χ2v) is 8.15. The maximum Gasteiger partial charge on any atom is 0.243 e. The van der Waals surface area contributed by atoms with Crippen LogP contribution in [0.25, 0.3) is 22.4 Å². The molecule has 0 aliphatic heterocycles. The summed E-state index contributed by atoms with van der Waals surface area (Å²) < 4.78 is 56.3. The number of para-hydroxylation sites is 2. The summed E-state index contributed by atoms with van der Waals surface area (Å²) in [4.78, 5) is 3.95. The first kappa shape index (κ1) is 19.2. The summed E-state index contributed by atoms with van der Waals surface area (Å²) in [7, 11) is -4.20. The SMILES string of the molecule is O=S(=O)(NCCn1c(-c2ccccc2)nc2ccccc21)c1cc(F)ccc1F. The Kier molecular flexibility index (Phi) is 5.12. The van der Waals surface area contributed by atoms with Crippen LogP contribution in [0.5, 0.6) is 0 Å². The summed E-state index contributed by atoms with van der Waals surface area (Å²) in [6.07, 6.45) is 0. The molecule has 0 amide bonds. The van der Waals surface area contributed by atoms with Gasteiger partial charge in [-0.3, -0.25) is 0 Å². The van der Waals surface area contributed by atoms with Gasteiger partial charge in [-0.2, -0.15) is 0 Å². The summed E-state index contributed by atoms with van der Waals surface area (Å²) >= 11 is 0. The molecule has 148 valence electrons. The zero-order valence-electron chi connectivity index (χ0n) is 15.2. The van der Waals surface area contributed by atoms with E-state index in [1.165, 1.54) is 0 Å². The maximum absolute atomic E-state index is 13.9. The first-order valence-corrected chi connectivity index (χ1v) is 10.4. The number of nitrogens with zero attached hydrogens (tertiary/aromatic N) is 2. The van der Waals surface area contributed by atoms with Gasteiger partial charge in [0.25, 0.3) is 0 Å². The summed E-state index contributed by atoms with van der Waals surface area (Å²) in [5.41, 5.74) is 2.52. The van der Waals surface area contributed by atoms with Gasteiger partial charge in [-0.1, -0.05) is 42.5 Å². The number of sulfonamides is 1. The van der Waals surface area contributed by atoms with Crippen molar-refractivity contribution in [2.45, 2.75) is 11.4 Å². The maximum atomic E-state index is 13.9. The Bertz CT molecular complexity index is 1270. The molecule has 4 rings (SSSR count). The second kappa shape index (κ2) is 7.73. The number of nitrogens with one attached hydrogen (secondary N) is 1. The van der Waals surface area contributed by atoms with E-state index >= 15 is 0 Å². The first-order chi connectivity index (χ1) is 14.0. The number of hydrogen-bond donors (Lipinski definition) is 1. The molecule has 0 radical (unpaired) electrons. The van der Waals surface area contributed by atoms with Crippen LogP contribution in [0.1, 0.15) is 0 Å². The lowest BCUT2D eigenvalue weighted by atomic mass is 10.2. The number of halogens is 2. The van der Waals surface area contributed by atoms with E-state index in [1.807, 2.05) is 59.2 Å². The van der Waals surface area contributed by atoms with Gasteiger partial charge >= 0.3 is 0 Å². The Morgan fingerprint density at radius 1 is 0.931 bits per heavy atom. The number of aromatic nitrogens is 2. The molecule has 4 aromatic rings. The van der Waals surface area contributed by atoms with Crippen LogP contribution in [0.3, 0.4) is 0 Å². The molecule has 8 heteroatoms. The van der Waals surface area contributed by atoms with Gasteiger partial charge in [0.05, 0.1) is 11.0 Å². The predicted molar refractivity (Wildman–Crippen MR) is 107 cm³/mol. The number of benzene rings is 3. The molecule has 1 aromatic heterocycles. The minimum atomic E-state index is -4.20. The fourth-order valence-corrected chi connectivity index (χ4v) is 4.27. The summed E-state index contributed by atoms with van der Waals surface area (Å²) in [6.45, 7) is 0.249. The van der Waals surface area contributed by atoms with E-state index in [9.17, 15) is 17.2 Å². The summed E-state index contributed by atoms with van der Waals surface area (Å²) in [5, 5.41) is 0. The topological polar surface area (TPSA) is 64.0 Å². The highest BCUT2D eigenvalue weighted by Gasteiger charge is 2.20. The average Bonchev–Trinajstić information content (AvgIpc) is 3.09. The van der Waals surface area contributed by atoms with Crippen LogP contribution in [-0.2, 0) is 16.6 Å². The normalized spacial score (nSPS) is 11.8. The molecule has 1 N–H and O–H groups in total. The average molecular weight is 413 g/mol. The molecular formula is C21H17F2N3O2S. The van der Waals surface area contributed by atoms with Crippen molar-refractivity contribution in [3.05, 3.63) is 84.4 Å². The molecule has 5 nitrogen and oxygen atoms in total. The lowest BCUT2D eigenvalue weighted by molar-refractivity contribution is 0.543. The first-order valence-electron chi connectivity index (χ1n) is 8.91. The molecule has 0 spiro atoms. The van der Waals surface area contributed by atoms with Gasteiger partial charge in [0, 0.05) is 18.7 Å². The Balaban J connectivity index is 1.62. The van der Waals surface area contributed by atoms with Gasteiger partial charge in [0.2, 0.25) is 10.0 Å². The van der Waals surface area contributed by atoms with E-state index in [-0.39, 0.29) is 13.1 Å². The van der Waals surface area contributed by atoms with E-state index in [1.54, 1.807) is 0 Å². The monoisotopic (exact) mass is 413 g/mol. The second-order valence-electron chi connectivity index (χ2n) is 6.41. The number of hydrogen-bond acceptors (Lipinski definition) is 3. The predicted octanol–water partition coefficient (Wildman–Crippen LogP) is 3.96. The van der Waals surface area contributed by atoms with Crippen LogP contribution < -0.4 is 4.72 Å². The standard InChI is InChI=1S/C21H17F2N3O2S/c22-16-10-11-17(23)20(14-16)29(27,28)24-12-13-26-19-9-5-4-8-18(19)25-21(26)15-6-2-1-3-7-15/h1-11,14,24H,12-13H2. The van der Waals surface area contributed by atoms with Gasteiger partial charge in [-0.05, 0) is 30.3 Å². The van der Waals surface area contributed by atoms with Crippen LogP contribution >= 0.6 is 0 Å². The highest BCUT2D eigenvalue weighted by atomic mass is 32.2. The van der Waals surface area contributed by atoms with Crippen molar-refractivity contribution in [3.8, 4) is 11.4 Å². The van der Waals surface area contributed by atoms with Crippen molar-refractivity contribution in [2.75, 3.05) is 6.54 Å². The summed E-state index contributed by atoms with van der Waals surface area (Å²) in [6, 6.07) is 19.4. The zero-order valence-corrected chi connectivity index (χ0v) is 16.0. The third-order valence-electron chi connectivity index (χ3n) is 4.50. The van der Waals surface area contributed by atoms with E-state index < -0.39 is 26.6 Å².